The van der Waals surface area contributed by atoms with Crippen molar-refractivity contribution in [3.05, 3.63) is 71.0 Å². The molecule has 1 amide bonds. The van der Waals surface area contributed by atoms with Crippen molar-refractivity contribution in [2.24, 2.45) is 5.92 Å². The van der Waals surface area contributed by atoms with Gasteiger partial charge in [0.15, 0.2) is 0 Å². The molecule has 2 aromatic carbocycles. The first kappa shape index (κ1) is 17.2. The number of benzene rings is 2. The first-order chi connectivity index (χ1) is 12.7. The van der Waals surface area contributed by atoms with Crippen LogP contribution in [0.25, 0.3) is 0 Å². The summed E-state index contributed by atoms with van der Waals surface area (Å²) in [5.74, 6) is 0.170. The van der Waals surface area contributed by atoms with Crippen molar-refractivity contribution in [3.63, 3.8) is 0 Å². The number of rotatable bonds is 3. The molecule has 1 saturated heterocycles. The fraction of sp³-hybridized carbons (Fsp3) is 0.409. The average Bonchev–Trinajstić information content (AvgIpc) is 2.69. The third kappa shape index (κ3) is 3.80. The second-order valence-electron chi connectivity index (χ2n) is 7.48. The molecule has 0 saturated carbocycles. The molecule has 4 rings (SSSR count). The SMILES string of the molecule is O=C(C1CCCN(Cc2ccc(F)cc2)C1)N1CCc2ccccc2C1. The van der Waals surface area contributed by atoms with E-state index in [2.05, 4.69) is 29.2 Å². The maximum absolute atomic E-state index is 13.1. The zero-order valence-corrected chi connectivity index (χ0v) is 15.0. The van der Waals surface area contributed by atoms with E-state index in [1.165, 1.54) is 23.3 Å². The fourth-order valence-electron chi connectivity index (χ4n) is 4.19. The minimum absolute atomic E-state index is 0.0782. The van der Waals surface area contributed by atoms with Crippen LogP contribution in [0.2, 0.25) is 0 Å². The smallest absolute Gasteiger partial charge is 0.227 e. The lowest BCUT2D eigenvalue weighted by Gasteiger charge is -2.36. The highest BCUT2D eigenvalue weighted by Gasteiger charge is 2.30. The van der Waals surface area contributed by atoms with Crippen molar-refractivity contribution in [3.8, 4) is 0 Å². The van der Waals surface area contributed by atoms with Gasteiger partial charge in [0.25, 0.3) is 0 Å². The summed E-state index contributed by atoms with van der Waals surface area (Å²) in [6.07, 6.45) is 2.97. The lowest BCUT2D eigenvalue weighted by molar-refractivity contribution is -0.138. The number of piperidine rings is 1. The van der Waals surface area contributed by atoms with Crippen LogP contribution in [0.5, 0.6) is 0 Å². The van der Waals surface area contributed by atoms with E-state index in [0.717, 1.165) is 57.5 Å². The number of amides is 1. The highest BCUT2D eigenvalue weighted by atomic mass is 19.1. The molecule has 2 heterocycles. The Labute approximate surface area is 154 Å². The van der Waals surface area contributed by atoms with Crippen LogP contribution < -0.4 is 0 Å². The molecule has 0 radical (unpaired) electrons. The first-order valence-electron chi connectivity index (χ1n) is 9.51. The van der Waals surface area contributed by atoms with Gasteiger partial charge >= 0.3 is 0 Å². The van der Waals surface area contributed by atoms with Gasteiger partial charge in [-0.25, -0.2) is 4.39 Å². The molecule has 1 fully saturated rings. The maximum Gasteiger partial charge on any atom is 0.227 e. The number of carbonyl (C=O) groups is 1. The molecule has 1 atom stereocenters. The summed E-state index contributed by atoms with van der Waals surface area (Å²) in [6, 6.07) is 15.1. The minimum atomic E-state index is -0.203. The summed E-state index contributed by atoms with van der Waals surface area (Å²) in [4.78, 5) is 17.4. The van der Waals surface area contributed by atoms with Crippen LogP contribution in [0.15, 0.2) is 48.5 Å². The predicted octanol–water partition coefficient (Wildman–Crippen LogP) is 3.62. The number of halogens is 1. The van der Waals surface area contributed by atoms with E-state index < -0.39 is 0 Å². The van der Waals surface area contributed by atoms with Crippen molar-refractivity contribution in [2.75, 3.05) is 19.6 Å². The summed E-state index contributed by atoms with van der Waals surface area (Å²) in [5, 5.41) is 0. The third-order valence-corrected chi connectivity index (χ3v) is 5.62. The second-order valence-corrected chi connectivity index (χ2v) is 7.48. The van der Waals surface area contributed by atoms with Crippen molar-refractivity contribution in [1.82, 2.24) is 9.80 Å². The normalized spacial score (nSPS) is 20.7. The molecule has 0 aromatic heterocycles. The van der Waals surface area contributed by atoms with Gasteiger partial charge in [0.05, 0.1) is 5.92 Å². The Morgan fingerprint density at radius 3 is 2.62 bits per heavy atom. The van der Waals surface area contributed by atoms with Gasteiger partial charge in [-0.1, -0.05) is 36.4 Å². The Hall–Kier alpha value is -2.20. The monoisotopic (exact) mass is 352 g/mol. The quantitative estimate of drug-likeness (QED) is 0.842. The van der Waals surface area contributed by atoms with Gasteiger partial charge in [0.1, 0.15) is 5.82 Å². The Morgan fingerprint density at radius 1 is 1.04 bits per heavy atom. The summed E-state index contributed by atoms with van der Waals surface area (Å²) in [7, 11) is 0. The number of nitrogens with zero attached hydrogens (tertiary/aromatic N) is 2. The Bertz CT molecular complexity index is 774. The predicted molar refractivity (Wildman–Crippen MR) is 100.0 cm³/mol. The van der Waals surface area contributed by atoms with Gasteiger partial charge in [-0.15, -0.1) is 0 Å². The largest absolute Gasteiger partial charge is 0.338 e. The first-order valence-corrected chi connectivity index (χ1v) is 9.51. The molecule has 26 heavy (non-hydrogen) atoms. The molecular weight excluding hydrogens is 327 g/mol. The van der Waals surface area contributed by atoms with Gasteiger partial charge in [0, 0.05) is 26.2 Å². The standard InChI is InChI=1S/C22H25FN2O/c23-21-9-7-17(8-10-21)14-24-12-3-6-20(15-24)22(26)25-13-11-18-4-1-2-5-19(18)16-25/h1-2,4-5,7-10,20H,3,6,11-16H2. The van der Waals surface area contributed by atoms with Crippen molar-refractivity contribution < 1.29 is 9.18 Å². The average molecular weight is 352 g/mol. The number of fused-ring (bicyclic) bond motifs is 1. The van der Waals surface area contributed by atoms with Crippen LogP contribution in [0.1, 0.15) is 29.5 Å². The molecule has 0 N–H and O–H groups in total. The summed E-state index contributed by atoms with van der Waals surface area (Å²) < 4.78 is 13.1. The van der Waals surface area contributed by atoms with E-state index >= 15 is 0 Å². The van der Waals surface area contributed by atoms with Crippen LogP contribution in [-0.4, -0.2) is 35.3 Å². The summed E-state index contributed by atoms with van der Waals surface area (Å²) in [6.45, 7) is 4.15. The Morgan fingerprint density at radius 2 is 1.81 bits per heavy atom. The van der Waals surface area contributed by atoms with E-state index in [-0.39, 0.29) is 11.7 Å². The molecule has 2 aromatic rings. The van der Waals surface area contributed by atoms with Gasteiger partial charge in [-0.2, -0.15) is 0 Å². The molecule has 0 spiro atoms. The van der Waals surface area contributed by atoms with Gasteiger partial charge in [0.2, 0.25) is 5.91 Å². The zero-order chi connectivity index (χ0) is 17.9. The molecule has 0 aliphatic carbocycles. The Balaban J connectivity index is 1.38. The lowest BCUT2D eigenvalue weighted by Crippen LogP contribution is -2.46. The number of likely N-dealkylation sites (tertiary alicyclic amines) is 1. The molecule has 0 bridgehead atoms. The van der Waals surface area contributed by atoms with Crippen LogP contribution >= 0.6 is 0 Å². The van der Waals surface area contributed by atoms with Crippen LogP contribution in [0.3, 0.4) is 0 Å². The van der Waals surface area contributed by atoms with Crippen LogP contribution in [0.4, 0.5) is 4.39 Å². The Kier molecular flexibility index (Phi) is 5.02. The number of carbonyl (C=O) groups excluding carboxylic acids is 1. The highest BCUT2D eigenvalue weighted by Crippen LogP contribution is 2.25. The number of hydrogen-bond donors (Lipinski definition) is 0. The zero-order valence-electron chi connectivity index (χ0n) is 15.0. The molecule has 2 aliphatic heterocycles. The summed E-state index contributed by atoms with van der Waals surface area (Å²) in [5.41, 5.74) is 3.76. The van der Waals surface area contributed by atoms with Crippen LogP contribution in [-0.2, 0) is 24.3 Å². The maximum atomic E-state index is 13.1. The lowest BCUT2D eigenvalue weighted by atomic mass is 9.93. The topological polar surface area (TPSA) is 23.6 Å². The van der Waals surface area contributed by atoms with E-state index in [1.54, 1.807) is 0 Å². The van der Waals surface area contributed by atoms with Crippen molar-refractivity contribution in [1.29, 1.82) is 0 Å². The van der Waals surface area contributed by atoms with E-state index in [0.29, 0.717) is 5.91 Å². The molecule has 3 nitrogen and oxygen atoms in total. The van der Waals surface area contributed by atoms with Crippen molar-refractivity contribution in [2.45, 2.75) is 32.4 Å². The van der Waals surface area contributed by atoms with Crippen LogP contribution in [0, 0.1) is 11.7 Å². The summed E-state index contributed by atoms with van der Waals surface area (Å²) >= 11 is 0. The fourth-order valence-corrected chi connectivity index (χ4v) is 4.19. The molecule has 4 heteroatoms. The van der Waals surface area contributed by atoms with E-state index in [9.17, 15) is 9.18 Å². The van der Waals surface area contributed by atoms with E-state index in [1.807, 2.05) is 17.0 Å². The second kappa shape index (κ2) is 7.58. The molecular formula is C22H25FN2O. The van der Waals surface area contributed by atoms with Crippen molar-refractivity contribution >= 4 is 5.91 Å². The van der Waals surface area contributed by atoms with Gasteiger partial charge < -0.3 is 4.90 Å². The highest BCUT2D eigenvalue weighted by molar-refractivity contribution is 5.79. The third-order valence-electron chi connectivity index (χ3n) is 5.62. The minimum Gasteiger partial charge on any atom is -0.338 e. The molecule has 1 unspecified atom stereocenters. The molecule has 2 aliphatic rings. The van der Waals surface area contributed by atoms with Gasteiger partial charge in [-0.3, -0.25) is 9.69 Å². The van der Waals surface area contributed by atoms with E-state index in [4.69, 9.17) is 0 Å². The number of hydrogen-bond acceptors (Lipinski definition) is 2. The molecule has 136 valence electrons. The van der Waals surface area contributed by atoms with Gasteiger partial charge in [-0.05, 0) is 54.6 Å².